The lowest BCUT2D eigenvalue weighted by atomic mass is 9.90. The second-order valence-electron chi connectivity index (χ2n) is 11.9. The highest BCUT2D eigenvalue weighted by Crippen LogP contribution is 2.30. The summed E-state index contributed by atoms with van der Waals surface area (Å²) < 4.78 is 38.2. The lowest BCUT2D eigenvalue weighted by molar-refractivity contribution is -0.117. The second kappa shape index (κ2) is 19.5. The van der Waals surface area contributed by atoms with Gasteiger partial charge in [-0.3, -0.25) is 14.5 Å². The van der Waals surface area contributed by atoms with Crippen LogP contribution in [0.25, 0.3) is 11.3 Å². The van der Waals surface area contributed by atoms with E-state index in [9.17, 15) is 18.4 Å². The van der Waals surface area contributed by atoms with E-state index in [1.165, 1.54) is 12.4 Å². The first kappa shape index (κ1) is 39.0. The lowest BCUT2D eigenvalue weighted by Gasteiger charge is -2.34. The first-order valence-corrected chi connectivity index (χ1v) is 16.0. The largest absolute Gasteiger partial charge is 0.383 e. The van der Waals surface area contributed by atoms with Crippen LogP contribution in [0.1, 0.15) is 82.3 Å². The van der Waals surface area contributed by atoms with Crippen molar-refractivity contribution in [2.75, 3.05) is 36.8 Å². The number of Topliss-reactive ketones (excluding diaryl/α,β-unsaturated/α-hetero) is 2. The van der Waals surface area contributed by atoms with Crippen molar-refractivity contribution < 1.29 is 27.6 Å². The Labute approximate surface area is 275 Å². The highest BCUT2D eigenvalue weighted by Gasteiger charge is 2.23. The van der Waals surface area contributed by atoms with Gasteiger partial charge in [-0.05, 0) is 49.8 Å². The number of piperazine rings is 1. The Balaban J connectivity index is 0.000000603. The van der Waals surface area contributed by atoms with E-state index in [1.807, 2.05) is 31.7 Å². The van der Waals surface area contributed by atoms with Gasteiger partial charge in [-0.15, -0.1) is 0 Å². The van der Waals surface area contributed by atoms with Gasteiger partial charge >= 0.3 is 0 Å². The Hall–Kier alpha value is -4.19. The summed E-state index contributed by atoms with van der Waals surface area (Å²) in [6, 6.07) is 7.00. The maximum atomic E-state index is 15.5. The Morgan fingerprint density at radius 3 is 2.11 bits per heavy atom. The van der Waals surface area contributed by atoms with Crippen LogP contribution in [-0.2, 0) is 22.6 Å². The average Bonchev–Trinajstić information content (AvgIpc) is 3.05. The van der Waals surface area contributed by atoms with Gasteiger partial charge < -0.3 is 15.4 Å². The predicted molar refractivity (Wildman–Crippen MR) is 179 cm³/mol. The summed E-state index contributed by atoms with van der Waals surface area (Å²) in [5.41, 5.74) is 8.81. The average molecular weight is 657 g/mol. The Morgan fingerprint density at radius 1 is 1.00 bits per heavy atom. The molecule has 0 saturated carbocycles. The highest BCUT2D eigenvalue weighted by atomic mass is 19.1. The molecule has 1 aliphatic rings. The van der Waals surface area contributed by atoms with Crippen molar-refractivity contribution in [3.63, 3.8) is 0 Å². The standard InChI is InChI=1S/C27H32F2N6O.C7H14O.CHFO/c1-4-17(3)25(36)21-7-8-22(24(29)20(21)5-2)23-9-6-18(26(30)33-23)16-34-10-12-35(13-11-34)27-31-14-19(28)15-32-27;1-6(2)4-5-7(3)8;2-1-3/h6-9,14-15,17H,4-5,10-13,16H2,1-3H3,(H2,30,33);6H,4-5H2,1-3H3;1H. The molecule has 0 radical (unpaired) electrons. The van der Waals surface area contributed by atoms with Gasteiger partial charge in [-0.1, -0.05) is 46.8 Å². The normalized spacial score (nSPS) is 13.6. The van der Waals surface area contributed by atoms with E-state index in [1.54, 1.807) is 25.1 Å². The number of carbonyl (C=O) groups is 3. The Kier molecular flexibility index (Phi) is 16.1. The van der Waals surface area contributed by atoms with Crippen LogP contribution in [0, 0.1) is 23.5 Å². The number of nitrogens with zero attached hydrogens (tertiary/aromatic N) is 5. The molecule has 0 bridgehead atoms. The minimum atomic E-state index is -0.750. The summed E-state index contributed by atoms with van der Waals surface area (Å²) in [7, 11) is 0. The second-order valence-corrected chi connectivity index (χ2v) is 11.9. The molecule has 1 atom stereocenters. The molecule has 9 nitrogen and oxygen atoms in total. The summed E-state index contributed by atoms with van der Waals surface area (Å²) in [4.78, 5) is 48.1. The molecular weight excluding hydrogens is 609 g/mol. The van der Waals surface area contributed by atoms with Crippen molar-refractivity contribution in [1.82, 2.24) is 19.9 Å². The molecule has 1 unspecified atom stereocenters. The van der Waals surface area contributed by atoms with Gasteiger partial charge in [0.2, 0.25) is 5.95 Å². The fourth-order valence-corrected chi connectivity index (χ4v) is 4.94. The molecule has 2 N–H and O–H groups in total. The molecule has 1 fully saturated rings. The number of nitrogens with two attached hydrogens (primary N) is 1. The lowest BCUT2D eigenvalue weighted by Crippen LogP contribution is -2.46. The maximum absolute atomic E-state index is 15.5. The van der Waals surface area contributed by atoms with Crippen LogP contribution in [0.2, 0.25) is 0 Å². The molecule has 1 aromatic carbocycles. The topological polar surface area (TPSA) is 122 Å². The number of pyridine rings is 1. The highest BCUT2D eigenvalue weighted by molar-refractivity contribution is 5.99. The molecule has 1 aliphatic heterocycles. The third kappa shape index (κ3) is 11.8. The fraction of sp³-hybridized carbons (Fsp3) is 0.486. The third-order valence-electron chi connectivity index (χ3n) is 7.94. The number of anilines is 2. The Morgan fingerprint density at radius 2 is 1.62 bits per heavy atom. The molecule has 12 heteroatoms. The summed E-state index contributed by atoms with van der Waals surface area (Å²) >= 11 is 0. The molecule has 0 spiro atoms. The summed E-state index contributed by atoms with van der Waals surface area (Å²) in [5.74, 6) is 0.793. The zero-order valence-electron chi connectivity index (χ0n) is 28.2. The molecule has 0 amide bonds. The van der Waals surface area contributed by atoms with Crippen molar-refractivity contribution in [2.45, 2.75) is 73.8 Å². The molecule has 0 aliphatic carbocycles. The zero-order valence-corrected chi connectivity index (χ0v) is 28.2. The van der Waals surface area contributed by atoms with Gasteiger partial charge in [0, 0.05) is 61.8 Å². The van der Waals surface area contributed by atoms with Gasteiger partial charge in [-0.2, -0.15) is 4.39 Å². The molecule has 47 heavy (non-hydrogen) atoms. The molecular formula is C35H47F3N6O3. The smallest absolute Gasteiger partial charge is 0.289 e. The van der Waals surface area contributed by atoms with Crippen LogP contribution < -0.4 is 10.6 Å². The molecule has 3 aromatic rings. The van der Waals surface area contributed by atoms with Crippen molar-refractivity contribution in [2.24, 2.45) is 11.8 Å². The van der Waals surface area contributed by atoms with Crippen LogP contribution in [-0.4, -0.2) is 64.1 Å². The summed E-state index contributed by atoms with van der Waals surface area (Å²) in [5, 5.41) is 0. The van der Waals surface area contributed by atoms with Crippen molar-refractivity contribution in [3.05, 3.63) is 65.0 Å². The molecule has 1 saturated heterocycles. The molecule has 4 rings (SSSR count). The third-order valence-corrected chi connectivity index (χ3v) is 7.94. The fourth-order valence-electron chi connectivity index (χ4n) is 4.94. The number of ketones is 2. The van der Waals surface area contributed by atoms with E-state index < -0.39 is 18.2 Å². The monoisotopic (exact) mass is 656 g/mol. The molecule has 3 heterocycles. The Bertz CT molecular complexity index is 1460. The quantitative estimate of drug-likeness (QED) is 0.137. The molecule has 2 aromatic heterocycles. The summed E-state index contributed by atoms with van der Waals surface area (Å²) in [6.07, 6.45) is 5.25. The number of benzene rings is 1. The van der Waals surface area contributed by atoms with E-state index in [2.05, 4.69) is 33.7 Å². The number of hydrogen-bond acceptors (Lipinski definition) is 9. The number of rotatable bonds is 11. The van der Waals surface area contributed by atoms with E-state index >= 15 is 4.39 Å². The van der Waals surface area contributed by atoms with Crippen molar-refractivity contribution >= 4 is 29.9 Å². The first-order valence-electron chi connectivity index (χ1n) is 16.0. The number of carbonyl (C=O) groups excluding carboxylic acids is 3. The number of nitrogen functional groups attached to an aromatic ring is 1. The van der Waals surface area contributed by atoms with E-state index in [0.29, 0.717) is 78.3 Å². The first-order chi connectivity index (χ1) is 22.4. The van der Waals surface area contributed by atoms with Gasteiger partial charge in [0.1, 0.15) is 17.4 Å². The van der Waals surface area contributed by atoms with Gasteiger partial charge in [0.15, 0.2) is 11.6 Å². The van der Waals surface area contributed by atoms with Crippen LogP contribution >= 0.6 is 0 Å². The maximum Gasteiger partial charge on any atom is 0.289 e. The van der Waals surface area contributed by atoms with Gasteiger partial charge in [0.25, 0.3) is 6.54 Å². The van der Waals surface area contributed by atoms with Gasteiger partial charge in [0.05, 0.1) is 18.1 Å². The number of halogens is 3. The van der Waals surface area contributed by atoms with E-state index in [0.717, 1.165) is 31.5 Å². The van der Waals surface area contributed by atoms with Crippen LogP contribution in [0.5, 0.6) is 0 Å². The minimum absolute atomic E-state index is 0.0336. The zero-order chi connectivity index (χ0) is 35.1. The van der Waals surface area contributed by atoms with Crippen molar-refractivity contribution in [3.8, 4) is 11.3 Å². The van der Waals surface area contributed by atoms with Gasteiger partial charge in [-0.25, -0.2) is 23.7 Å². The van der Waals surface area contributed by atoms with E-state index in [-0.39, 0.29) is 11.7 Å². The van der Waals surface area contributed by atoms with Crippen LogP contribution in [0.4, 0.5) is 24.9 Å². The number of hydrogen-bond donors (Lipinski definition) is 1. The van der Waals surface area contributed by atoms with Crippen LogP contribution in [0.3, 0.4) is 0 Å². The molecule has 256 valence electrons. The van der Waals surface area contributed by atoms with E-state index in [4.69, 9.17) is 10.5 Å². The number of aromatic nitrogens is 3. The SMILES string of the molecule is CC(=O)CCC(C)C.CCc1c(C(=O)C(C)CC)ccc(-c2ccc(CN3CCN(c4ncc(F)cn4)CC3)c(N)n2)c1F.O=CF. The van der Waals surface area contributed by atoms with Crippen LogP contribution in [0.15, 0.2) is 36.7 Å². The predicted octanol–water partition coefficient (Wildman–Crippen LogP) is 6.67. The van der Waals surface area contributed by atoms with Crippen molar-refractivity contribution in [1.29, 1.82) is 0 Å². The minimum Gasteiger partial charge on any atom is -0.383 e. The summed E-state index contributed by atoms with van der Waals surface area (Å²) in [6.45, 7) is 14.4.